The Morgan fingerprint density at radius 3 is 2.27 bits per heavy atom. The van der Waals surface area contributed by atoms with E-state index in [2.05, 4.69) is 27.8 Å². The van der Waals surface area contributed by atoms with Crippen molar-refractivity contribution in [2.75, 3.05) is 13.6 Å². The van der Waals surface area contributed by atoms with Crippen LogP contribution < -0.4 is 10.6 Å². The minimum atomic E-state index is -0.218. The quantitative estimate of drug-likeness (QED) is 0.448. The molecule has 0 saturated heterocycles. The van der Waals surface area contributed by atoms with Crippen molar-refractivity contribution in [1.82, 2.24) is 10.6 Å². The van der Waals surface area contributed by atoms with Gasteiger partial charge in [0.25, 0.3) is 0 Å². The number of hydrogen-bond acceptors (Lipinski definition) is 1. The van der Waals surface area contributed by atoms with Crippen molar-refractivity contribution in [2.45, 2.75) is 13.0 Å². The molecule has 5 heteroatoms. The van der Waals surface area contributed by atoms with Crippen LogP contribution in [0.15, 0.2) is 59.6 Å². The van der Waals surface area contributed by atoms with Gasteiger partial charge in [0.2, 0.25) is 0 Å². The van der Waals surface area contributed by atoms with E-state index in [-0.39, 0.29) is 29.8 Å². The Morgan fingerprint density at radius 2 is 1.64 bits per heavy atom. The number of nitrogens with zero attached hydrogens (tertiary/aromatic N) is 1. The van der Waals surface area contributed by atoms with Crippen LogP contribution in [0, 0.1) is 5.82 Å². The van der Waals surface area contributed by atoms with E-state index in [4.69, 9.17) is 0 Å². The number of nitrogens with one attached hydrogen (secondary N) is 2. The second kappa shape index (κ2) is 10.2. The molecule has 0 bridgehead atoms. The van der Waals surface area contributed by atoms with Crippen molar-refractivity contribution in [2.24, 2.45) is 4.99 Å². The third-order valence-electron chi connectivity index (χ3n) is 3.15. The first kappa shape index (κ1) is 18.4. The minimum absolute atomic E-state index is 0. The van der Waals surface area contributed by atoms with Gasteiger partial charge < -0.3 is 10.6 Å². The number of guanidine groups is 1. The number of halogens is 2. The van der Waals surface area contributed by atoms with E-state index in [1.807, 2.05) is 18.2 Å². The summed E-state index contributed by atoms with van der Waals surface area (Å²) in [7, 11) is 1.74. The maximum absolute atomic E-state index is 12.8. The van der Waals surface area contributed by atoms with Gasteiger partial charge in [-0.2, -0.15) is 0 Å². The highest BCUT2D eigenvalue weighted by molar-refractivity contribution is 14.0. The number of rotatable bonds is 5. The van der Waals surface area contributed by atoms with Gasteiger partial charge >= 0.3 is 0 Å². The average Bonchev–Trinajstić information content (AvgIpc) is 2.53. The molecule has 2 aromatic carbocycles. The lowest BCUT2D eigenvalue weighted by atomic mass is 10.1. The molecule has 0 fully saturated rings. The van der Waals surface area contributed by atoms with Crippen molar-refractivity contribution in [3.05, 3.63) is 71.5 Å². The molecule has 0 aromatic heterocycles. The first-order valence-corrected chi connectivity index (χ1v) is 7.01. The Bertz CT molecular complexity index is 570. The Kier molecular flexibility index (Phi) is 8.50. The predicted molar refractivity (Wildman–Crippen MR) is 100 cm³/mol. The number of hydrogen-bond donors (Lipinski definition) is 2. The molecule has 3 nitrogen and oxygen atoms in total. The SMILES string of the molecule is CN=C(NCCc1ccccc1)NCc1ccc(F)cc1.I. The summed E-state index contributed by atoms with van der Waals surface area (Å²) in [5.74, 6) is 0.527. The van der Waals surface area contributed by atoms with Crippen LogP contribution in [0.25, 0.3) is 0 Å². The minimum Gasteiger partial charge on any atom is -0.356 e. The van der Waals surface area contributed by atoms with E-state index in [1.54, 1.807) is 19.2 Å². The lowest BCUT2D eigenvalue weighted by Gasteiger charge is -2.12. The molecule has 0 aliphatic rings. The summed E-state index contributed by atoms with van der Waals surface area (Å²) in [5, 5.41) is 6.47. The summed E-state index contributed by atoms with van der Waals surface area (Å²) < 4.78 is 12.8. The lowest BCUT2D eigenvalue weighted by molar-refractivity contribution is 0.626. The molecule has 0 saturated carbocycles. The van der Waals surface area contributed by atoms with Gasteiger partial charge in [-0.05, 0) is 29.7 Å². The van der Waals surface area contributed by atoms with Gasteiger partial charge in [0.05, 0.1) is 0 Å². The maximum Gasteiger partial charge on any atom is 0.191 e. The molecule has 118 valence electrons. The zero-order chi connectivity index (χ0) is 14.9. The Labute approximate surface area is 148 Å². The second-order valence-electron chi connectivity index (χ2n) is 4.71. The van der Waals surface area contributed by atoms with Crippen molar-refractivity contribution >= 4 is 29.9 Å². The molecular formula is C17H21FIN3. The van der Waals surface area contributed by atoms with Crippen molar-refractivity contribution < 1.29 is 4.39 Å². The van der Waals surface area contributed by atoms with Crippen LogP contribution >= 0.6 is 24.0 Å². The predicted octanol–water partition coefficient (Wildman–Crippen LogP) is 3.35. The summed E-state index contributed by atoms with van der Waals surface area (Å²) in [6, 6.07) is 16.8. The summed E-state index contributed by atoms with van der Waals surface area (Å²) in [4.78, 5) is 4.17. The monoisotopic (exact) mass is 413 g/mol. The molecule has 0 aliphatic carbocycles. The highest BCUT2D eigenvalue weighted by Gasteiger charge is 1.99. The molecule has 0 amide bonds. The van der Waals surface area contributed by atoms with Gasteiger partial charge in [0, 0.05) is 20.1 Å². The van der Waals surface area contributed by atoms with Gasteiger partial charge in [-0.3, -0.25) is 4.99 Å². The van der Waals surface area contributed by atoms with Crippen molar-refractivity contribution in [3.63, 3.8) is 0 Å². The summed E-state index contributed by atoms with van der Waals surface area (Å²) in [5.41, 5.74) is 2.31. The highest BCUT2D eigenvalue weighted by atomic mass is 127. The fourth-order valence-electron chi connectivity index (χ4n) is 1.98. The molecule has 0 spiro atoms. The Balaban J connectivity index is 0.00000242. The molecule has 22 heavy (non-hydrogen) atoms. The topological polar surface area (TPSA) is 36.4 Å². The number of benzene rings is 2. The Hall–Kier alpha value is -1.63. The smallest absolute Gasteiger partial charge is 0.191 e. The van der Waals surface area contributed by atoms with Crippen LogP contribution in [0.5, 0.6) is 0 Å². The van der Waals surface area contributed by atoms with Crippen molar-refractivity contribution in [1.29, 1.82) is 0 Å². The van der Waals surface area contributed by atoms with E-state index in [0.29, 0.717) is 6.54 Å². The molecular weight excluding hydrogens is 392 g/mol. The third-order valence-corrected chi connectivity index (χ3v) is 3.15. The highest BCUT2D eigenvalue weighted by Crippen LogP contribution is 2.02. The van der Waals surface area contributed by atoms with Gasteiger partial charge in [-0.25, -0.2) is 4.39 Å². The molecule has 0 atom stereocenters. The first-order valence-electron chi connectivity index (χ1n) is 7.01. The van der Waals surface area contributed by atoms with Crippen molar-refractivity contribution in [3.8, 4) is 0 Å². The fourth-order valence-corrected chi connectivity index (χ4v) is 1.98. The molecule has 0 heterocycles. The van der Waals surface area contributed by atoms with Crippen LogP contribution in [-0.4, -0.2) is 19.6 Å². The first-order chi connectivity index (χ1) is 10.3. The largest absolute Gasteiger partial charge is 0.356 e. The van der Waals surface area contributed by atoms with Crippen LogP contribution in [0.3, 0.4) is 0 Å². The average molecular weight is 413 g/mol. The van der Waals surface area contributed by atoms with E-state index < -0.39 is 0 Å². The van der Waals surface area contributed by atoms with Crippen LogP contribution in [0.4, 0.5) is 4.39 Å². The number of aliphatic imine (C=N–C) groups is 1. The normalized spacial score (nSPS) is 10.7. The maximum atomic E-state index is 12.8. The molecule has 2 N–H and O–H groups in total. The second-order valence-corrected chi connectivity index (χ2v) is 4.71. The van der Waals surface area contributed by atoms with Gasteiger partial charge in [0.1, 0.15) is 5.82 Å². The molecule has 2 rings (SSSR count). The molecule has 0 radical (unpaired) electrons. The third kappa shape index (κ3) is 6.43. The summed E-state index contributed by atoms with van der Waals surface area (Å²) in [6.07, 6.45) is 0.943. The van der Waals surface area contributed by atoms with E-state index >= 15 is 0 Å². The Morgan fingerprint density at radius 1 is 0.955 bits per heavy atom. The zero-order valence-corrected chi connectivity index (χ0v) is 14.9. The summed E-state index contributed by atoms with van der Waals surface area (Å²) >= 11 is 0. The van der Waals surface area contributed by atoms with E-state index in [0.717, 1.165) is 24.5 Å². The van der Waals surface area contributed by atoms with E-state index in [9.17, 15) is 4.39 Å². The fraction of sp³-hybridized carbons (Fsp3) is 0.235. The summed E-state index contributed by atoms with van der Waals surface area (Å²) in [6.45, 7) is 1.43. The van der Waals surface area contributed by atoms with E-state index in [1.165, 1.54) is 17.7 Å². The van der Waals surface area contributed by atoms with Crippen LogP contribution in [-0.2, 0) is 13.0 Å². The van der Waals surface area contributed by atoms with Gasteiger partial charge in [-0.15, -0.1) is 24.0 Å². The van der Waals surface area contributed by atoms with Crippen LogP contribution in [0.2, 0.25) is 0 Å². The standard InChI is InChI=1S/C17H20FN3.HI/c1-19-17(20-12-11-14-5-3-2-4-6-14)21-13-15-7-9-16(18)10-8-15;/h2-10H,11-13H2,1H3,(H2,19,20,21);1H. The van der Waals surface area contributed by atoms with Gasteiger partial charge in [-0.1, -0.05) is 42.5 Å². The lowest BCUT2D eigenvalue weighted by Crippen LogP contribution is -2.37. The van der Waals surface area contributed by atoms with Gasteiger partial charge in [0.15, 0.2) is 5.96 Å². The van der Waals surface area contributed by atoms with Crippen LogP contribution in [0.1, 0.15) is 11.1 Å². The molecule has 2 aromatic rings. The molecule has 0 unspecified atom stereocenters. The zero-order valence-electron chi connectivity index (χ0n) is 12.6. The molecule has 0 aliphatic heterocycles.